The van der Waals surface area contributed by atoms with Crippen LogP contribution in [0, 0.1) is 16.7 Å². The molecule has 128 valence electrons. The van der Waals surface area contributed by atoms with E-state index in [4.69, 9.17) is 21.3 Å². The molecule has 0 aliphatic rings. The van der Waals surface area contributed by atoms with E-state index in [2.05, 4.69) is 55.2 Å². The van der Waals surface area contributed by atoms with E-state index < -0.39 is 9.04 Å². The lowest BCUT2D eigenvalue weighted by molar-refractivity contribution is 0.0866. The Balaban J connectivity index is 2.34. The van der Waals surface area contributed by atoms with E-state index in [9.17, 15) is 0 Å². The van der Waals surface area contributed by atoms with Gasteiger partial charge in [-0.3, -0.25) is 0 Å². The van der Waals surface area contributed by atoms with Gasteiger partial charge in [-0.25, -0.2) is 9.97 Å². The Morgan fingerprint density at radius 3 is 2.62 bits per heavy atom. The van der Waals surface area contributed by atoms with Gasteiger partial charge in [0.15, 0.2) is 14.2 Å². The number of pyridine rings is 1. The molecule has 1 unspecified atom stereocenters. The molecule has 0 bridgehead atoms. The summed E-state index contributed by atoms with van der Waals surface area (Å²) in [6.45, 7) is 10.8. The zero-order valence-corrected chi connectivity index (χ0v) is 17.1. The first-order valence-corrected chi connectivity index (χ1v) is 11.6. The highest BCUT2D eigenvalue weighted by molar-refractivity contribution is 7.16. The Bertz CT molecular complexity index is 751. The molecule has 0 aromatic carbocycles. The fourth-order valence-electron chi connectivity index (χ4n) is 2.28. The normalized spacial score (nSPS) is 12.9. The van der Waals surface area contributed by atoms with Gasteiger partial charge in [0.05, 0.1) is 12.3 Å². The maximum atomic E-state index is 8.89. The molecule has 1 atom stereocenters. The number of nitriles is 1. The minimum Gasteiger partial charge on any atom is -0.413 e. The fraction of sp³-hybridized carbons (Fsp3) is 0.438. The molecule has 0 radical (unpaired) electrons. The summed E-state index contributed by atoms with van der Waals surface area (Å²) < 4.78 is 6.25. The average molecular weight is 381 g/mol. The van der Waals surface area contributed by atoms with Gasteiger partial charge < -0.3 is 9.74 Å². The van der Waals surface area contributed by atoms with Gasteiger partial charge >= 0.3 is 0 Å². The highest BCUT2D eigenvalue weighted by Crippen LogP contribution is 2.38. The molecule has 0 saturated heterocycles. The summed E-state index contributed by atoms with van der Waals surface area (Å²) in [7, 11) is -1.23. The SMILES string of the molecule is C[SiH](C)OC(c1cc(Cl)nc(Nc2ncc(C#N)s2)c1)C(C)(C)C. The lowest BCUT2D eigenvalue weighted by atomic mass is 9.85. The molecule has 2 aromatic rings. The number of rotatable bonds is 5. The van der Waals surface area contributed by atoms with Crippen LogP contribution in [0.15, 0.2) is 18.3 Å². The molecular formula is C16H21ClN4OSSi. The molecule has 2 rings (SSSR count). The number of aromatic nitrogens is 2. The summed E-state index contributed by atoms with van der Waals surface area (Å²) in [5, 5.41) is 13.0. The molecule has 2 heterocycles. The van der Waals surface area contributed by atoms with Gasteiger partial charge in [0.1, 0.15) is 21.9 Å². The van der Waals surface area contributed by atoms with Crippen LogP contribution < -0.4 is 5.32 Å². The van der Waals surface area contributed by atoms with Crippen LogP contribution in [0.3, 0.4) is 0 Å². The molecule has 8 heteroatoms. The van der Waals surface area contributed by atoms with Gasteiger partial charge in [0.2, 0.25) is 0 Å². The van der Waals surface area contributed by atoms with Gasteiger partial charge in [-0.05, 0) is 36.2 Å². The van der Waals surface area contributed by atoms with Crippen molar-refractivity contribution in [3.8, 4) is 6.07 Å². The van der Waals surface area contributed by atoms with Crippen LogP contribution in [0.1, 0.15) is 37.3 Å². The molecule has 0 aliphatic carbocycles. The molecule has 0 saturated carbocycles. The highest BCUT2D eigenvalue weighted by Gasteiger charge is 2.28. The summed E-state index contributed by atoms with van der Waals surface area (Å²) in [5.74, 6) is 0.597. The van der Waals surface area contributed by atoms with E-state index in [-0.39, 0.29) is 11.5 Å². The molecule has 0 fully saturated rings. The maximum Gasteiger partial charge on any atom is 0.189 e. The van der Waals surface area contributed by atoms with Crippen LogP contribution >= 0.6 is 22.9 Å². The van der Waals surface area contributed by atoms with Crippen LogP contribution in [0.2, 0.25) is 18.2 Å². The third-order valence-electron chi connectivity index (χ3n) is 3.16. The predicted molar refractivity (Wildman–Crippen MR) is 102 cm³/mol. The lowest BCUT2D eigenvalue weighted by Gasteiger charge is -2.33. The van der Waals surface area contributed by atoms with E-state index in [1.165, 1.54) is 17.5 Å². The maximum absolute atomic E-state index is 8.89. The molecule has 1 N–H and O–H groups in total. The van der Waals surface area contributed by atoms with Crippen molar-refractivity contribution < 1.29 is 4.43 Å². The standard InChI is InChI=1S/C16H21ClN4OSSi/c1-16(2,3)14(22-24(4)5)10-6-12(17)20-13(7-10)21-15-19-9-11(8-18)23-15/h6-7,9,14,24H,1-5H3,(H,19,20,21). The number of hydrogen-bond donors (Lipinski definition) is 1. The molecule has 2 aromatic heterocycles. The first-order valence-electron chi connectivity index (χ1n) is 7.65. The van der Waals surface area contributed by atoms with E-state index in [0.717, 1.165) is 5.56 Å². The Morgan fingerprint density at radius 2 is 2.08 bits per heavy atom. The van der Waals surface area contributed by atoms with E-state index in [0.29, 0.717) is 21.0 Å². The molecular weight excluding hydrogens is 360 g/mol. The lowest BCUT2D eigenvalue weighted by Crippen LogP contribution is -2.26. The van der Waals surface area contributed by atoms with Crippen molar-refractivity contribution in [1.82, 2.24) is 9.97 Å². The first kappa shape index (κ1) is 18.9. The van der Waals surface area contributed by atoms with Gasteiger partial charge in [-0.2, -0.15) is 5.26 Å². The minimum absolute atomic E-state index is 0.0591. The predicted octanol–water partition coefficient (Wildman–Crippen LogP) is 4.89. The summed E-state index contributed by atoms with van der Waals surface area (Å²) in [4.78, 5) is 9.01. The van der Waals surface area contributed by atoms with Crippen molar-refractivity contribution in [2.45, 2.75) is 40.0 Å². The zero-order valence-electron chi connectivity index (χ0n) is 14.4. The first-order chi connectivity index (χ1) is 11.2. The van der Waals surface area contributed by atoms with Crippen molar-refractivity contribution in [2.75, 3.05) is 5.32 Å². The Hall–Kier alpha value is -1.46. The number of hydrogen-bond acceptors (Lipinski definition) is 6. The number of anilines is 2. The Morgan fingerprint density at radius 1 is 1.38 bits per heavy atom. The molecule has 0 spiro atoms. The quantitative estimate of drug-likeness (QED) is 0.590. The van der Waals surface area contributed by atoms with Gasteiger partial charge in [-0.1, -0.05) is 43.7 Å². The van der Waals surface area contributed by atoms with Gasteiger partial charge in [0.25, 0.3) is 0 Å². The third kappa shape index (κ3) is 5.01. The number of nitrogens with zero attached hydrogens (tertiary/aromatic N) is 3. The summed E-state index contributed by atoms with van der Waals surface area (Å²) in [6, 6.07) is 5.86. The Kier molecular flexibility index (Phi) is 5.99. The number of thiazole rings is 1. The Labute approximate surface area is 153 Å². The number of halogens is 1. The van der Waals surface area contributed by atoms with E-state index >= 15 is 0 Å². The topological polar surface area (TPSA) is 70.8 Å². The third-order valence-corrected chi connectivity index (χ3v) is 4.99. The minimum atomic E-state index is -1.23. The second-order valence-corrected chi connectivity index (χ2v) is 10.6. The largest absolute Gasteiger partial charge is 0.413 e. The molecule has 0 aliphatic heterocycles. The van der Waals surface area contributed by atoms with Crippen molar-refractivity contribution in [3.63, 3.8) is 0 Å². The molecule has 5 nitrogen and oxygen atoms in total. The molecule has 0 amide bonds. The van der Waals surface area contributed by atoms with Gasteiger partial charge in [0, 0.05) is 0 Å². The monoisotopic (exact) mass is 380 g/mol. The zero-order chi connectivity index (χ0) is 17.9. The fourth-order valence-corrected chi connectivity index (χ4v) is 4.23. The van der Waals surface area contributed by atoms with Crippen molar-refractivity contribution in [3.05, 3.63) is 33.9 Å². The average Bonchev–Trinajstić information content (AvgIpc) is 2.90. The van der Waals surface area contributed by atoms with Crippen LogP contribution in [-0.4, -0.2) is 19.0 Å². The summed E-state index contributed by atoms with van der Waals surface area (Å²) in [6.07, 6.45) is 1.47. The highest BCUT2D eigenvalue weighted by atomic mass is 35.5. The van der Waals surface area contributed by atoms with Crippen molar-refractivity contribution >= 4 is 42.9 Å². The van der Waals surface area contributed by atoms with Gasteiger partial charge in [-0.15, -0.1) is 0 Å². The summed E-state index contributed by atoms with van der Waals surface area (Å²) in [5.41, 5.74) is 0.928. The smallest absolute Gasteiger partial charge is 0.189 e. The number of nitrogens with one attached hydrogen (secondary N) is 1. The second kappa shape index (κ2) is 7.62. The van der Waals surface area contributed by atoms with Crippen LogP contribution in [0.25, 0.3) is 0 Å². The van der Waals surface area contributed by atoms with Crippen LogP contribution in [0.5, 0.6) is 0 Å². The second-order valence-electron chi connectivity index (χ2n) is 6.81. The van der Waals surface area contributed by atoms with Crippen molar-refractivity contribution in [2.24, 2.45) is 5.41 Å². The van der Waals surface area contributed by atoms with Crippen LogP contribution in [0.4, 0.5) is 10.9 Å². The van der Waals surface area contributed by atoms with Crippen LogP contribution in [-0.2, 0) is 4.43 Å². The van der Waals surface area contributed by atoms with E-state index in [1.54, 1.807) is 0 Å². The van der Waals surface area contributed by atoms with Crippen molar-refractivity contribution in [1.29, 1.82) is 5.26 Å². The summed E-state index contributed by atoms with van der Waals surface area (Å²) >= 11 is 7.49. The molecule has 24 heavy (non-hydrogen) atoms. The van der Waals surface area contributed by atoms with E-state index in [1.807, 2.05) is 12.1 Å².